The van der Waals surface area contributed by atoms with Crippen LogP contribution in [0.5, 0.6) is 28.7 Å². The number of carbonyl (C=O) groups excluding carboxylic acids is 4. The van der Waals surface area contributed by atoms with Crippen LogP contribution in [0.1, 0.15) is 90.3 Å². The fourth-order valence-electron chi connectivity index (χ4n) is 8.91. The zero-order valence-corrected chi connectivity index (χ0v) is 41.1. The van der Waals surface area contributed by atoms with Crippen molar-refractivity contribution in [2.24, 2.45) is 15.9 Å². The number of fused-ring (bicyclic) bond motifs is 4. The molecule has 5 amide bonds. The first-order chi connectivity index (χ1) is 34.7. The number of ether oxygens (including phenoxy) is 5. The maximum atomic E-state index is 14.0. The van der Waals surface area contributed by atoms with Crippen molar-refractivity contribution in [3.8, 4) is 28.7 Å². The first-order valence-electron chi connectivity index (χ1n) is 23.9. The standard InChI is InChI=1S/C54H59N7O11/c1-31(2)49(59-54(66)67)51(63)58-32(3)50(62)57-26-33-10-12-34(13-11-33)36-20-38-27-55-43-24-47(45(69-5)22-41(43)52(64)60(38)29-36)71-18-8-7-9-19-72-48-25-44-42(23-46(48)70-6)53(65)61-30-37(21-39(61)28-56-44)35-14-16-40(68-4)17-15-35/h10-17,22-25,27-32,38-39,49,59H,7-9,18-21,26H2,1-6H3,(H,57,62)(H,58,63)(H,66,67)/t32?,38-,39-,49?/m0/s1. The van der Waals surface area contributed by atoms with Crippen molar-refractivity contribution >= 4 is 64.7 Å². The smallest absolute Gasteiger partial charge is 0.405 e. The van der Waals surface area contributed by atoms with Gasteiger partial charge in [0.1, 0.15) is 17.8 Å². The van der Waals surface area contributed by atoms with Crippen LogP contribution in [0, 0.1) is 5.92 Å². The Morgan fingerprint density at radius 1 is 0.653 bits per heavy atom. The van der Waals surface area contributed by atoms with Crippen LogP contribution >= 0.6 is 0 Å². The van der Waals surface area contributed by atoms with Crippen LogP contribution in [0.3, 0.4) is 0 Å². The number of unbranched alkanes of at least 4 members (excludes halogenated alkanes) is 2. The molecule has 18 nitrogen and oxygen atoms in total. The Morgan fingerprint density at radius 2 is 1.15 bits per heavy atom. The summed E-state index contributed by atoms with van der Waals surface area (Å²) in [6.45, 7) is 5.97. The number of aliphatic imine (C=N–C) groups is 2. The lowest BCUT2D eigenvalue weighted by molar-refractivity contribution is -0.130. The molecule has 4 N–H and O–H groups in total. The SMILES string of the molecule is COc1ccc(C2=CN3C(=O)c4cc(OC)c(OCCCCCOc5cc6c(cc5OC)C(=O)N5C=C(c7ccc(CNC(=O)C(C)NC(=O)C(NC(=O)O)C(C)C)cc7)C[C@H]5C=N6)cc4N=C[C@@H]3C2)cc1. The molecule has 0 fully saturated rings. The van der Waals surface area contributed by atoms with Crippen LogP contribution in [0.15, 0.2) is 95.2 Å². The lowest BCUT2D eigenvalue weighted by atomic mass is 10.0. The Labute approximate surface area is 417 Å². The van der Waals surface area contributed by atoms with E-state index in [1.807, 2.05) is 67.1 Å². The van der Waals surface area contributed by atoms with E-state index in [9.17, 15) is 24.0 Å². The summed E-state index contributed by atoms with van der Waals surface area (Å²) in [5.74, 6) is 0.950. The number of benzene rings is 4. The molecule has 0 aromatic heterocycles. The Kier molecular flexibility index (Phi) is 15.6. The molecule has 2 unspecified atom stereocenters. The largest absolute Gasteiger partial charge is 0.497 e. The molecule has 0 aliphatic carbocycles. The summed E-state index contributed by atoms with van der Waals surface area (Å²) in [5, 5.41) is 16.6. The van der Waals surface area contributed by atoms with Crippen molar-refractivity contribution in [3.63, 3.8) is 0 Å². The van der Waals surface area contributed by atoms with Crippen molar-refractivity contribution in [2.45, 2.75) is 83.6 Å². The van der Waals surface area contributed by atoms with E-state index in [1.165, 1.54) is 14.0 Å². The van der Waals surface area contributed by atoms with Gasteiger partial charge in [-0.05, 0) is 84.2 Å². The van der Waals surface area contributed by atoms with Crippen LogP contribution in [-0.2, 0) is 16.1 Å². The van der Waals surface area contributed by atoms with Gasteiger partial charge in [0.25, 0.3) is 11.8 Å². The normalized spacial score (nSPS) is 17.3. The van der Waals surface area contributed by atoms with Crippen LogP contribution in [0.2, 0.25) is 0 Å². The third-order valence-electron chi connectivity index (χ3n) is 13.0. The van der Waals surface area contributed by atoms with Gasteiger partial charge in [-0.3, -0.25) is 29.2 Å². The minimum atomic E-state index is -1.32. The average molecular weight is 982 g/mol. The van der Waals surface area contributed by atoms with E-state index < -0.39 is 30.0 Å². The monoisotopic (exact) mass is 981 g/mol. The predicted molar refractivity (Wildman–Crippen MR) is 271 cm³/mol. The molecule has 376 valence electrons. The average Bonchev–Trinajstić information content (AvgIpc) is 3.96. The van der Waals surface area contributed by atoms with Crippen LogP contribution in [-0.4, -0.2) is 116 Å². The minimum Gasteiger partial charge on any atom is -0.497 e. The summed E-state index contributed by atoms with van der Waals surface area (Å²) in [6.07, 6.45) is 9.46. The second-order valence-electron chi connectivity index (χ2n) is 18.2. The lowest BCUT2D eigenvalue weighted by Crippen LogP contribution is -2.54. The Balaban J connectivity index is 0.803. The number of nitrogens with one attached hydrogen (secondary N) is 3. The maximum Gasteiger partial charge on any atom is 0.405 e. The molecule has 4 aliphatic rings. The lowest BCUT2D eigenvalue weighted by Gasteiger charge is -2.22. The van der Waals surface area contributed by atoms with E-state index in [0.29, 0.717) is 71.6 Å². The fourth-order valence-corrected chi connectivity index (χ4v) is 8.91. The van der Waals surface area contributed by atoms with Crippen molar-refractivity contribution in [1.82, 2.24) is 25.8 Å². The topological polar surface area (TPSA) is 219 Å². The summed E-state index contributed by atoms with van der Waals surface area (Å²) < 4.78 is 29.0. The third-order valence-corrected chi connectivity index (χ3v) is 13.0. The summed E-state index contributed by atoms with van der Waals surface area (Å²) in [5.41, 5.74) is 6.60. The van der Waals surface area contributed by atoms with Gasteiger partial charge in [-0.25, -0.2) is 4.79 Å². The van der Waals surface area contributed by atoms with Crippen LogP contribution in [0.25, 0.3) is 11.1 Å². The highest BCUT2D eigenvalue weighted by molar-refractivity contribution is 6.06. The van der Waals surface area contributed by atoms with Crippen molar-refractivity contribution in [2.75, 3.05) is 34.5 Å². The third kappa shape index (κ3) is 11.2. The molecule has 4 aliphatic heterocycles. The number of nitrogens with zero attached hydrogens (tertiary/aromatic N) is 4. The van der Waals surface area contributed by atoms with Gasteiger partial charge < -0.3 is 54.5 Å². The number of amides is 5. The maximum absolute atomic E-state index is 14.0. The summed E-state index contributed by atoms with van der Waals surface area (Å²) >= 11 is 0. The predicted octanol–water partition coefficient (Wildman–Crippen LogP) is 7.70. The molecule has 72 heavy (non-hydrogen) atoms. The van der Waals surface area contributed by atoms with E-state index in [1.54, 1.807) is 68.3 Å². The van der Waals surface area contributed by atoms with Gasteiger partial charge >= 0.3 is 6.09 Å². The zero-order chi connectivity index (χ0) is 51.1. The number of methoxy groups -OCH3 is 3. The van der Waals surface area contributed by atoms with E-state index in [4.69, 9.17) is 38.8 Å². The number of rotatable bonds is 20. The Bertz CT molecular complexity index is 2840. The first kappa shape index (κ1) is 50.2. The molecule has 4 heterocycles. The molecule has 8 rings (SSSR count). The van der Waals surface area contributed by atoms with Gasteiger partial charge in [0, 0.05) is 56.3 Å². The second-order valence-corrected chi connectivity index (χ2v) is 18.2. The molecule has 0 bridgehead atoms. The van der Waals surface area contributed by atoms with Crippen molar-refractivity contribution < 1.29 is 52.8 Å². The van der Waals surface area contributed by atoms with Gasteiger partial charge in [-0.1, -0.05) is 50.2 Å². The van der Waals surface area contributed by atoms with Gasteiger partial charge in [-0.2, -0.15) is 0 Å². The van der Waals surface area contributed by atoms with E-state index in [-0.39, 0.29) is 36.4 Å². The summed E-state index contributed by atoms with van der Waals surface area (Å²) in [4.78, 5) is 77.1. The minimum absolute atomic E-state index is 0.157. The molecular formula is C54H59N7O11. The van der Waals surface area contributed by atoms with Crippen LogP contribution < -0.4 is 39.6 Å². The highest BCUT2D eigenvalue weighted by atomic mass is 16.5. The van der Waals surface area contributed by atoms with Gasteiger partial charge in [-0.15, -0.1) is 0 Å². The zero-order valence-electron chi connectivity index (χ0n) is 41.1. The fraction of sp³-hybridized carbons (Fsp3) is 0.352. The van der Waals surface area contributed by atoms with Gasteiger partial charge in [0.2, 0.25) is 11.8 Å². The van der Waals surface area contributed by atoms with Gasteiger partial charge in [0.05, 0.1) is 69.1 Å². The number of hydrogen-bond donors (Lipinski definition) is 4. The van der Waals surface area contributed by atoms with Gasteiger partial charge in [0.15, 0.2) is 23.0 Å². The van der Waals surface area contributed by atoms with Crippen molar-refractivity contribution in [1.29, 1.82) is 0 Å². The summed E-state index contributed by atoms with van der Waals surface area (Å²) in [7, 11) is 4.71. The quantitative estimate of drug-likeness (QED) is 0.0629. The Hall–Kier alpha value is -8.15. The highest BCUT2D eigenvalue weighted by Crippen LogP contribution is 2.42. The first-order valence-corrected chi connectivity index (χ1v) is 23.9. The molecule has 4 aromatic rings. The van der Waals surface area contributed by atoms with Crippen LogP contribution in [0.4, 0.5) is 16.2 Å². The van der Waals surface area contributed by atoms with E-state index in [0.717, 1.165) is 52.8 Å². The van der Waals surface area contributed by atoms with Crippen molar-refractivity contribution in [3.05, 3.63) is 113 Å². The molecular weight excluding hydrogens is 923 g/mol. The second kappa shape index (κ2) is 22.3. The number of carboxylic acid groups (broad SMARTS) is 1. The molecule has 18 heteroatoms. The molecule has 4 atom stereocenters. The number of carbonyl (C=O) groups is 5. The number of hydrogen-bond acceptors (Lipinski definition) is 12. The van der Waals surface area contributed by atoms with E-state index >= 15 is 0 Å². The molecule has 0 radical (unpaired) electrons. The molecule has 0 saturated carbocycles. The highest BCUT2D eigenvalue weighted by Gasteiger charge is 2.35. The molecule has 4 aromatic carbocycles. The molecule has 0 saturated heterocycles. The Morgan fingerprint density at radius 3 is 1.61 bits per heavy atom. The summed E-state index contributed by atoms with van der Waals surface area (Å²) in [6, 6.07) is 19.9. The van der Waals surface area contributed by atoms with E-state index in [2.05, 4.69) is 16.0 Å². The molecule has 0 spiro atoms.